The molecule has 5 heteroatoms. The SMILES string of the molecule is CNc1cncc(NC(C)c2ccsc2)n1. The third-order valence-electron chi connectivity index (χ3n) is 2.30. The first-order valence-electron chi connectivity index (χ1n) is 5.08. The Morgan fingerprint density at radius 1 is 1.31 bits per heavy atom. The number of rotatable bonds is 4. The molecule has 4 nitrogen and oxygen atoms in total. The van der Waals surface area contributed by atoms with Crippen LogP contribution >= 0.6 is 11.3 Å². The maximum atomic E-state index is 4.36. The molecule has 0 spiro atoms. The van der Waals surface area contributed by atoms with Crippen LogP contribution in [-0.4, -0.2) is 17.0 Å². The molecule has 2 aromatic heterocycles. The van der Waals surface area contributed by atoms with Crippen molar-refractivity contribution in [3.8, 4) is 0 Å². The van der Waals surface area contributed by atoms with Gasteiger partial charge in [-0.05, 0) is 29.3 Å². The van der Waals surface area contributed by atoms with E-state index < -0.39 is 0 Å². The summed E-state index contributed by atoms with van der Waals surface area (Å²) >= 11 is 1.70. The summed E-state index contributed by atoms with van der Waals surface area (Å²) in [6, 6.07) is 2.35. The van der Waals surface area contributed by atoms with Crippen LogP contribution in [0.2, 0.25) is 0 Å². The standard InChI is InChI=1S/C11H14N4S/c1-8(9-3-4-16-7-9)14-11-6-13-5-10(12-2)15-11/h3-8H,1-2H3,(H2,12,14,15). The van der Waals surface area contributed by atoms with Gasteiger partial charge in [0.15, 0.2) is 0 Å². The molecule has 0 aliphatic carbocycles. The Labute approximate surface area is 98.8 Å². The van der Waals surface area contributed by atoms with Crippen LogP contribution in [0, 0.1) is 0 Å². The minimum Gasteiger partial charge on any atom is -0.372 e. The third kappa shape index (κ3) is 2.49. The fourth-order valence-electron chi connectivity index (χ4n) is 1.38. The van der Waals surface area contributed by atoms with E-state index in [1.54, 1.807) is 23.7 Å². The molecule has 0 aromatic carbocycles. The summed E-state index contributed by atoms with van der Waals surface area (Å²) in [6.45, 7) is 2.11. The minimum absolute atomic E-state index is 0.243. The van der Waals surface area contributed by atoms with E-state index in [-0.39, 0.29) is 6.04 Å². The second-order valence-corrected chi connectivity index (χ2v) is 4.24. The van der Waals surface area contributed by atoms with Crippen molar-refractivity contribution in [2.24, 2.45) is 0 Å². The van der Waals surface area contributed by atoms with Gasteiger partial charge < -0.3 is 10.6 Å². The van der Waals surface area contributed by atoms with Crippen LogP contribution in [0.15, 0.2) is 29.2 Å². The Morgan fingerprint density at radius 3 is 2.81 bits per heavy atom. The van der Waals surface area contributed by atoms with Gasteiger partial charge in [-0.25, -0.2) is 4.98 Å². The van der Waals surface area contributed by atoms with Crippen molar-refractivity contribution >= 4 is 23.0 Å². The molecule has 0 radical (unpaired) electrons. The van der Waals surface area contributed by atoms with Gasteiger partial charge in [0, 0.05) is 7.05 Å². The van der Waals surface area contributed by atoms with Gasteiger partial charge >= 0.3 is 0 Å². The van der Waals surface area contributed by atoms with Gasteiger partial charge in [0.25, 0.3) is 0 Å². The predicted molar refractivity (Wildman–Crippen MR) is 67.9 cm³/mol. The Balaban J connectivity index is 2.08. The van der Waals surface area contributed by atoms with Gasteiger partial charge in [0.2, 0.25) is 0 Å². The molecule has 0 bridgehead atoms. The largest absolute Gasteiger partial charge is 0.372 e. The van der Waals surface area contributed by atoms with Crippen LogP contribution in [0.5, 0.6) is 0 Å². The van der Waals surface area contributed by atoms with Crippen molar-refractivity contribution in [2.75, 3.05) is 17.7 Å². The quantitative estimate of drug-likeness (QED) is 0.854. The highest BCUT2D eigenvalue weighted by Gasteiger charge is 2.06. The molecule has 2 heterocycles. The van der Waals surface area contributed by atoms with Crippen LogP contribution in [0.1, 0.15) is 18.5 Å². The lowest BCUT2D eigenvalue weighted by molar-refractivity contribution is 0.877. The van der Waals surface area contributed by atoms with Gasteiger partial charge in [0.1, 0.15) is 11.6 Å². The highest BCUT2D eigenvalue weighted by Crippen LogP contribution is 2.20. The smallest absolute Gasteiger partial charge is 0.147 e. The van der Waals surface area contributed by atoms with Crippen LogP contribution in [0.25, 0.3) is 0 Å². The fraction of sp³-hybridized carbons (Fsp3) is 0.273. The van der Waals surface area contributed by atoms with E-state index in [0.29, 0.717) is 0 Å². The highest BCUT2D eigenvalue weighted by atomic mass is 32.1. The molecule has 0 amide bonds. The monoisotopic (exact) mass is 234 g/mol. The second-order valence-electron chi connectivity index (χ2n) is 3.46. The van der Waals surface area contributed by atoms with E-state index in [9.17, 15) is 0 Å². The predicted octanol–water partition coefficient (Wildman–Crippen LogP) is 2.75. The molecule has 0 fully saturated rings. The summed E-state index contributed by atoms with van der Waals surface area (Å²) in [5.74, 6) is 1.55. The number of nitrogens with one attached hydrogen (secondary N) is 2. The fourth-order valence-corrected chi connectivity index (χ4v) is 2.14. The Kier molecular flexibility index (Phi) is 3.36. The van der Waals surface area contributed by atoms with E-state index >= 15 is 0 Å². The summed E-state index contributed by atoms with van der Waals surface area (Å²) in [6.07, 6.45) is 3.42. The van der Waals surface area contributed by atoms with Gasteiger partial charge in [-0.2, -0.15) is 11.3 Å². The van der Waals surface area contributed by atoms with Crippen LogP contribution in [-0.2, 0) is 0 Å². The lowest BCUT2D eigenvalue weighted by Gasteiger charge is -2.13. The molecule has 0 aliphatic rings. The molecule has 0 saturated carbocycles. The van der Waals surface area contributed by atoms with E-state index in [2.05, 4.69) is 44.4 Å². The highest BCUT2D eigenvalue weighted by molar-refractivity contribution is 7.07. The zero-order chi connectivity index (χ0) is 11.4. The first-order chi connectivity index (χ1) is 7.79. The van der Waals surface area contributed by atoms with Gasteiger partial charge in [-0.15, -0.1) is 0 Å². The molecular formula is C11H14N4S. The number of aromatic nitrogens is 2. The number of hydrogen-bond acceptors (Lipinski definition) is 5. The summed E-state index contributed by atoms with van der Waals surface area (Å²) < 4.78 is 0. The molecule has 1 unspecified atom stereocenters. The maximum Gasteiger partial charge on any atom is 0.147 e. The molecule has 2 rings (SSSR count). The normalized spacial score (nSPS) is 12.1. The van der Waals surface area contributed by atoms with Crippen molar-refractivity contribution in [2.45, 2.75) is 13.0 Å². The third-order valence-corrected chi connectivity index (χ3v) is 3.00. The minimum atomic E-state index is 0.243. The summed E-state index contributed by atoms with van der Waals surface area (Å²) in [5.41, 5.74) is 1.27. The van der Waals surface area contributed by atoms with Gasteiger partial charge in [-0.3, -0.25) is 4.98 Å². The van der Waals surface area contributed by atoms with Crippen molar-refractivity contribution < 1.29 is 0 Å². The number of hydrogen-bond donors (Lipinski definition) is 2. The summed E-state index contributed by atoms with van der Waals surface area (Å²) in [7, 11) is 1.83. The first kappa shape index (κ1) is 10.9. The Hall–Kier alpha value is -1.62. The van der Waals surface area contributed by atoms with Crippen molar-refractivity contribution in [3.63, 3.8) is 0 Å². The van der Waals surface area contributed by atoms with Crippen molar-refractivity contribution in [3.05, 3.63) is 34.8 Å². The average Bonchev–Trinajstić information content (AvgIpc) is 2.83. The van der Waals surface area contributed by atoms with Gasteiger partial charge in [0.05, 0.1) is 18.4 Å². The van der Waals surface area contributed by atoms with Crippen LogP contribution in [0.3, 0.4) is 0 Å². The lowest BCUT2D eigenvalue weighted by atomic mass is 10.2. The van der Waals surface area contributed by atoms with E-state index in [1.165, 1.54) is 5.56 Å². The average molecular weight is 234 g/mol. The molecule has 0 saturated heterocycles. The van der Waals surface area contributed by atoms with Gasteiger partial charge in [-0.1, -0.05) is 0 Å². The van der Waals surface area contributed by atoms with Crippen molar-refractivity contribution in [1.29, 1.82) is 0 Å². The number of nitrogens with zero attached hydrogens (tertiary/aromatic N) is 2. The molecule has 2 N–H and O–H groups in total. The van der Waals surface area contributed by atoms with Crippen LogP contribution < -0.4 is 10.6 Å². The van der Waals surface area contributed by atoms with E-state index in [1.807, 2.05) is 7.05 Å². The zero-order valence-electron chi connectivity index (χ0n) is 9.27. The van der Waals surface area contributed by atoms with Crippen LogP contribution in [0.4, 0.5) is 11.6 Å². The van der Waals surface area contributed by atoms with Crippen molar-refractivity contribution in [1.82, 2.24) is 9.97 Å². The topological polar surface area (TPSA) is 49.8 Å². The van der Waals surface area contributed by atoms with E-state index in [4.69, 9.17) is 0 Å². The lowest BCUT2D eigenvalue weighted by Crippen LogP contribution is -2.08. The molecule has 0 aliphatic heterocycles. The number of thiophene rings is 1. The second kappa shape index (κ2) is 4.94. The molecular weight excluding hydrogens is 220 g/mol. The Bertz CT molecular complexity index is 441. The molecule has 2 aromatic rings. The Morgan fingerprint density at radius 2 is 2.12 bits per heavy atom. The maximum absolute atomic E-state index is 4.36. The summed E-state index contributed by atoms with van der Waals surface area (Å²) in [5, 5.41) is 10.5. The molecule has 1 atom stereocenters. The molecule has 84 valence electrons. The first-order valence-corrected chi connectivity index (χ1v) is 6.02. The number of anilines is 2. The summed E-state index contributed by atoms with van der Waals surface area (Å²) in [4.78, 5) is 8.46. The zero-order valence-corrected chi connectivity index (χ0v) is 10.1. The molecule has 16 heavy (non-hydrogen) atoms. The van der Waals surface area contributed by atoms with E-state index in [0.717, 1.165) is 11.6 Å².